The van der Waals surface area contributed by atoms with Gasteiger partial charge in [-0.15, -0.1) is 5.10 Å². The number of hydrazone groups is 1. The Bertz CT molecular complexity index is 221. The minimum absolute atomic E-state index is 0.0428. The minimum Gasteiger partial charge on any atom is -0.211 e. The Labute approximate surface area is 72.1 Å². The highest BCUT2D eigenvalue weighted by atomic mass is 16.7. The molecule has 0 saturated heterocycles. The van der Waals surface area contributed by atoms with E-state index < -0.39 is 0 Å². The van der Waals surface area contributed by atoms with Crippen molar-refractivity contribution in [3.63, 3.8) is 0 Å². The summed E-state index contributed by atoms with van der Waals surface area (Å²) in [5.74, 6) is 1.66. The molecule has 0 aromatic heterocycles. The monoisotopic (exact) mass is 167 g/mol. The van der Waals surface area contributed by atoms with Crippen LogP contribution in [0.5, 0.6) is 0 Å². The van der Waals surface area contributed by atoms with Crippen LogP contribution in [0.3, 0.4) is 0 Å². The summed E-state index contributed by atoms with van der Waals surface area (Å²) in [6, 6.07) is 0. The third-order valence-electron chi connectivity index (χ3n) is 3.76. The van der Waals surface area contributed by atoms with E-state index in [0.29, 0.717) is 0 Å². The molecule has 4 rings (SSSR count). The molecule has 12 heavy (non-hydrogen) atoms. The summed E-state index contributed by atoms with van der Waals surface area (Å²) in [5.41, 5.74) is 2.80. The van der Waals surface area contributed by atoms with E-state index in [1.807, 2.05) is 0 Å². The second kappa shape index (κ2) is 2.22. The molecule has 0 radical (unpaired) electrons. The molecule has 0 aromatic rings. The number of hydrogen-bond acceptors (Lipinski definition) is 2. The topological polar surface area (TPSA) is 35.2 Å². The molecular formula is C9H15N2O+. The first-order valence-electron chi connectivity index (χ1n) is 4.92. The standard InChI is InChI=1S/C9H14N2O/c1-3-8-4-2-7(1)5-9(8)6-10-11-12-9/h6-8,11H,1-5H2/p+1. The molecule has 1 aliphatic heterocycles. The normalized spacial score (nSPS) is 50.0. The van der Waals surface area contributed by atoms with Crippen LogP contribution in [0.1, 0.15) is 32.1 Å². The largest absolute Gasteiger partial charge is 0.211 e. The molecule has 2 N–H and O–H groups in total. The molecule has 3 aliphatic carbocycles. The summed E-state index contributed by atoms with van der Waals surface area (Å²) in [5, 5.41) is 2.97. The number of fused-ring (bicyclic) bond motifs is 2. The van der Waals surface area contributed by atoms with E-state index in [2.05, 4.69) is 16.9 Å². The van der Waals surface area contributed by atoms with Crippen LogP contribution in [0.25, 0.3) is 0 Å². The van der Waals surface area contributed by atoms with Crippen molar-refractivity contribution in [1.82, 2.24) is 5.59 Å². The Balaban J connectivity index is 1.91. The zero-order valence-electron chi connectivity index (χ0n) is 7.18. The van der Waals surface area contributed by atoms with Gasteiger partial charge in [0.15, 0.2) is 5.60 Å². The quantitative estimate of drug-likeness (QED) is 0.512. The number of hydrogen-bond donors (Lipinski definition) is 2. The van der Waals surface area contributed by atoms with Gasteiger partial charge in [0.1, 0.15) is 0 Å². The fraction of sp³-hybridized carbons (Fsp3) is 0.889. The zero-order valence-corrected chi connectivity index (χ0v) is 7.18. The molecule has 2 bridgehead atoms. The van der Waals surface area contributed by atoms with Gasteiger partial charge in [-0.2, -0.15) is 0 Å². The molecule has 1 atom stereocenters. The molecule has 0 amide bonds. The Morgan fingerprint density at radius 2 is 2.17 bits per heavy atom. The Hall–Kier alpha value is -0.570. The van der Waals surface area contributed by atoms with Gasteiger partial charge >= 0.3 is 0 Å². The van der Waals surface area contributed by atoms with Crippen LogP contribution in [0.4, 0.5) is 0 Å². The number of nitrogens with one attached hydrogen (secondary N) is 2. The van der Waals surface area contributed by atoms with Crippen molar-refractivity contribution in [2.45, 2.75) is 37.7 Å². The lowest BCUT2D eigenvalue weighted by Gasteiger charge is -2.44. The molecule has 3 nitrogen and oxygen atoms in total. The summed E-state index contributed by atoms with van der Waals surface area (Å²) in [6.45, 7) is 0. The Kier molecular flexibility index (Phi) is 1.28. The SMILES string of the molecule is C1=[NH+]NOC12CC1CCC2CC1. The van der Waals surface area contributed by atoms with Gasteiger partial charge in [-0.25, -0.2) is 4.84 Å². The van der Waals surface area contributed by atoms with Crippen LogP contribution in [-0.2, 0) is 4.84 Å². The van der Waals surface area contributed by atoms with Crippen molar-refractivity contribution in [3.05, 3.63) is 0 Å². The third-order valence-corrected chi connectivity index (χ3v) is 3.76. The number of hydrazine groups is 1. The van der Waals surface area contributed by atoms with E-state index in [-0.39, 0.29) is 5.60 Å². The van der Waals surface area contributed by atoms with Gasteiger partial charge in [-0.05, 0) is 38.0 Å². The first kappa shape index (κ1) is 6.89. The molecule has 3 saturated carbocycles. The zero-order chi connectivity index (χ0) is 8.02. The summed E-state index contributed by atoms with van der Waals surface area (Å²) in [4.78, 5) is 5.60. The smallest absolute Gasteiger partial charge is 0.204 e. The first-order valence-corrected chi connectivity index (χ1v) is 4.92. The highest BCUT2D eigenvalue weighted by molar-refractivity contribution is 5.64. The van der Waals surface area contributed by atoms with E-state index in [1.54, 1.807) is 0 Å². The molecule has 1 heterocycles. The van der Waals surface area contributed by atoms with Crippen molar-refractivity contribution >= 4 is 6.21 Å². The molecule has 1 unspecified atom stereocenters. The van der Waals surface area contributed by atoms with Crippen molar-refractivity contribution in [2.24, 2.45) is 11.8 Å². The highest BCUT2D eigenvalue weighted by Crippen LogP contribution is 2.47. The average molecular weight is 167 g/mol. The van der Waals surface area contributed by atoms with Crippen LogP contribution < -0.4 is 10.7 Å². The Morgan fingerprint density at radius 3 is 2.67 bits per heavy atom. The predicted octanol–water partition coefficient (Wildman–Crippen LogP) is -0.464. The lowest BCUT2D eigenvalue weighted by molar-refractivity contribution is -0.572. The minimum atomic E-state index is 0.0428. The van der Waals surface area contributed by atoms with E-state index in [9.17, 15) is 0 Å². The fourth-order valence-electron chi connectivity index (χ4n) is 3.08. The van der Waals surface area contributed by atoms with Crippen LogP contribution in [0.2, 0.25) is 0 Å². The van der Waals surface area contributed by atoms with Gasteiger partial charge < -0.3 is 0 Å². The average Bonchev–Trinajstić information content (AvgIpc) is 2.55. The molecule has 66 valence electrons. The van der Waals surface area contributed by atoms with Crippen LogP contribution in [0, 0.1) is 11.8 Å². The van der Waals surface area contributed by atoms with E-state index >= 15 is 0 Å². The van der Waals surface area contributed by atoms with Crippen molar-refractivity contribution in [2.75, 3.05) is 0 Å². The molecule has 0 aromatic carbocycles. The third kappa shape index (κ3) is 0.774. The van der Waals surface area contributed by atoms with Gasteiger partial charge in [0.05, 0.1) is 0 Å². The second-order valence-corrected chi connectivity index (χ2v) is 4.37. The van der Waals surface area contributed by atoms with Crippen molar-refractivity contribution < 1.29 is 9.94 Å². The predicted molar refractivity (Wildman–Crippen MR) is 44.0 cm³/mol. The summed E-state index contributed by atoms with van der Waals surface area (Å²) < 4.78 is 0. The van der Waals surface area contributed by atoms with E-state index in [1.165, 1.54) is 32.1 Å². The number of rotatable bonds is 0. The molecule has 3 heteroatoms. The van der Waals surface area contributed by atoms with E-state index in [0.717, 1.165) is 11.8 Å². The van der Waals surface area contributed by atoms with Crippen LogP contribution in [0.15, 0.2) is 0 Å². The highest BCUT2D eigenvalue weighted by Gasteiger charge is 2.52. The van der Waals surface area contributed by atoms with Crippen LogP contribution in [-0.4, -0.2) is 11.8 Å². The maximum absolute atomic E-state index is 5.60. The fourth-order valence-corrected chi connectivity index (χ4v) is 3.08. The van der Waals surface area contributed by atoms with Crippen molar-refractivity contribution in [3.8, 4) is 0 Å². The molecule has 3 fully saturated rings. The maximum atomic E-state index is 5.60. The summed E-state index contributed by atoms with van der Waals surface area (Å²) in [7, 11) is 0. The lowest BCUT2D eigenvalue weighted by atomic mass is 9.62. The molecular weight excluding hydrogens is 152 g/mol. The lowest BCUT2D eigenvalue weighted by Crippen LogP contribution is -2.75. The second-order valence-electron chi connectivity index (χ2n) is 4.37. The molecule has 1 spiro atoms. The Morgan fingerprint density at radius 1 is 1.33 bits per heavy atom. The molecule has 4 aliphatic rings. The van der Waals surface area contributed by atoms with Gasteiger partial charge in [0.2, 0.25) is 6.21 Å². The van der Waals surface area contributed by atoms with Gasteiger partial charge in [-0.1, -0.05) is 5.59 Å². The first-order chi connectivity index (χ1) is 5.89. The van der Waals surface area contributed by atoms with E-state index in [4.69, 9.17) is 4.84 Å². The maximum Gasteiger partial charge on any atom is 0.204 e. The van der Waals surface area contributed by atoms with Gasteiger partial charge in [0, 0.05) is 5.92 Å². The summed E-state index contributed by atoms with van der Waals surface area (Å²) >= 11 is 0. The van der Waals surface area contributed by atoms with Gasteiger partial charge in [-0.3, -0.25) is 0 Å². The van der Waals surface area contributed by atoms with Gasteiger partial charge in [0.25, 0.3) is 0 Å². The summed E-state index contributed by atoms with van der Waals surface area (Å²) in [6.07, 6.45) is 8.88. The van der Waals surface area contributed by atoms with Crippen molar-refractivity contribution in [1.29, 1.82) is 0 Å². The van der Waals surface area contributed by atoms with Crippen LogP contribution >= 0.6 is 0 Å².